The Morgan fingerprint density at radius 1 is 1.26 bits per heavy atom. The number of nitrogens with one attached hydrogen (secondary N) is 1. The van der Waals surface area contributed by atoms with Gasteiger partial charge in [-0.05, 0) is 30.7 Å². The lowest BCUT2D eigenvalue weighted by atomic mass is 10.2. The van der Waals surface area contributed by atoms with Crippen LogP contribution >= 0.6 is 0 Å². The SMILES string of the molecule is Cc1cc(S(=O)(=O)Nc2ncccn2)cc(N)c1F. The average molecular weight is 282 g/mol. The normalized spacial score (nSPS) is 11.3. The smallest absolute Gasteiger partial charge is 0.264 e. The van der Waals surface area contributed by atoms with Crippen LogP contribution in [-0.4, -0.2) is 18.4 Å². The zero-order valence-electron chi connectivity index (χ0n) is 9.96. The largest absolute Gasteiger partial charge is 0.396 e. The summed E-state index contributed by atoms with van der Waals surface area (Å²) in [5.41, 5.74) is 5.33. The lowest BCUT2D eigenvalue weighted by Crippen LogP contribution is -2.15. The van der Waals surface area contributed by atoms with Gasteiger partial charge in [-0.1, -0.05) is 0 Å². The third-order valence-electron chi connectivity index (χ3n) is 2.36. The molecule has 2 rings (SSSR count). The van der Waals surface area contributed by atoms with Crippen LogP contribution < -0.4 is 10.5 Å². The van der Waals surface area contributed by atoms with E-state index in [0.717, 1.165) is 6.07 Å². The monoisotopic (exact) mass is 282 g/mol. The Morgan fingerprint density at radius 2 is 1.89 bits per heavy atom. The van der Waals surface area contributed by atoms with Crippen molar-refractivity contribution in [2.75, 3.05) is 10.5 Å². The molecule has 1 aromatic carbocycles. The molecule has 0 aliphatic carbocycles. The molecule has 0 bridgehead atoms. The van der Waals surface area contributed by atoms with Crippen molar-refractivity contribution in [1.82, 2.24) is 9.97 Å². The van der Waals surface area contributed by atoms with Crippen LogP contribution in [0.15, 0.2) is 35.5 Å². The maximum atomic E-state index is 13.4. The third kappa shape index (κ3) is 2.79. The summed E-state index contributed by atoms with van der Waals surface area (Å²) in [6.07, 6.45) is 2.80. The van der Waals surface area contributed by atoms with E-state index in [9.17, 15) is 12.8 Å². The van der Waals surface area contributed by atoms with Crippen LogP contribution in [0.2, 0.25) is 0 Å². The first kappa shape index (κ1) is 13.2. The zero-order chi connectivity index (χ0) is 14.0. The van der Waals surface area contributed by atoms with Gasteiger partial charge in [-0.3, -0.25) is 0 Å². The highest BCUT2D eigenvalue weighted by Gasteiger charge is 2.18. The van der Waals surface area contributed by atoms with Gasteiger partial charge in [0.05, 0.1) is 10.6 Å². The van der Waals surface area contributed by atoms with Gasteiger partial charge in [0.15, 0.2) is 0 Å². The first-order valence-electron chi connectivity index (χ1n) is 5.25. The number of halogens is 1. The molecule has 0 saturated carbocycles. The number of nitrogens with zero attached hydrogens (tertiary/aromatic N) is 2. The summed E-state index contributed by atoms with van der Waals surface area (Å²) in [6, 6.07) is 3.79. The van der Waals surface area contributed by atoms with E-state index in [1.165, 1.54) is 25.4 Å². The maximum absolute atomic E-state index is 13.4. The molecule has 8 heteroatoms. The minimum Gasteiger partial charge on any atom is -0.396 e. The number of nitrogen functional groups attached to an aromatic ring is 1. The third-order valence-corrected chi connectivity index (χ3v) is 3.67. The fourth-order valence-electron chi connectivity index (χ4n) is 1.45. The standard InChI is InChI=1S/C11H11FN4O2S/c1-7-5-8(6-9(13)10(7)12)19(17,18)16-11-14-3-2-4-15-11/h2-6H,13H2,1H3,(H,14,15,16). The number of sulfonamides is 1. The molecule has 6 nitrogen and oxygen atoms in total. The molecule has 0 saturated heterocycles. The zero-order valence-corrected chi connectivity index (χ0v) is 10.8. The van der Waals surface area contributed by atoms with E-state index in [4.69, 9.17) is 5.73 Å². The summed E-state index contributed by atoms with van der Waals surface area (Å²) in [7, 11) is -3.90. The molecule has 0 unspecified atom stereocenters. The summed E-state index contributed by atoms with van der Waals surface area (Å²) in [6.45, 7) is 1.43. The number of anilines is 2. The number of aryl methyl sites for hydroxylation is 1. The molecule has 100 valence electrons. The maximum Gasteiger partial charge on any atom is 0.264 e. The van der Waals surface area contributed by atoms with Gasteiger partial charge < -0.3 is 5.73 Å². The summed E-state index contributed by atoms with van der Waals surface area (Å²) in [4.78, 5) is 7.35. The lowest BCUT2D eigenvalue weighted by molar-refractivity contribution is 0.598. The topological polar surface area (TPSA) is 98.0 Å². The van der Waals surface area contributed by atoms with E-state index in [-0.39, 0.29) is 22.1 Å². The Hall–Kier alpha value is -2.22. The Labute approximate surface area is 109 Å². The van der Waals surface area contributed by atoms with E-state index >= 15 is 0 Å². The Morgan fingerprint density at radius 3 is 2.47 bits per heavy atom. The van der Waals surface area contributed by atoms with E-state index in [1.807, 2.05) is 0 Å². The van der Waals surface area contributed by atoms with Gasteiger partial charge in [-0.25, -0.2) is 27.5 Å². The lowest BCUT2D eigenvalue weighted by Gasteiger charge is -2.09. The van der Waals surface area contributed by atoms with Crippen LogP contribution in [0.1, 0.15) is 5.56 Å². The molecule has 0 atom stereocenters. The molecule has 1 aromatic heterocycles. The first-order chi connectivity index (χ1) is 8.90. The van der Waals surface area contributed by atoms with Crippen molar-refractivity contribution in [2.45, 2.75) is 11.8 Å². The minimum absolute atomic E-state index is 0.0666. The molecule has 2 aromatic rings. The van der Waals surface area contributed by atoms with Gasteiger partial charge in [-0.15, -0.1) is 0 Å². The number of hydrogen-bond donors (Lipinski definition) is 2. The number of nitrogens with two attached hydrogens (primary N) is 1. The van der Waals surface area contributed by atoms with Gasteiger partial charge in [0.25, 0.3) is 10.0 Å². The summed E-state index contributed by atoms with van der Waals surface area (Å²) < 4.78 is 39.6. The minimum atomic E-state index is -3.90. The van der Waals surface area contributed by atoms with Gasteiger partial charge in [0, 0.05) is 12.4 Å². The van der Waals surface area contributed by atoms with Crippen LogP contribution in [0.4, 0.5) is 16.0 Å². The van der Waals surface area contributed by atoms with Gasteiger partial charge in [0.2, 0.25) is 5.95 Å². The van der Waals surface area contributed by atoms with Gasteiger partial charge in [-0.2, -0.15) is 0 Å². The van der Waals surface area contributed by atoms with Crippen LogP contribution in [0, 0.1) is 12.7 Å². The van der Waals surface area contributed by atoms with Crippen molar-refractivity contribution in [3.05, 3.63) is 42.0 Å². The number of benzene rings is 1. The molecule has 0 fully saturated rings. The summed E-state index contributed by atoms with van der Waals surface area (Å²) in [5, 5.41) is 0. The van der Waals surface area contributed by atoms with Crippen LogP contribution in [-0.2, 0) is 10.0 Å². The average Bonchev–Trinajstić information content (AvgIpc) is 2.36. The second-order valence-corrected chi connectivity index (χ2v) is 5.50. The molecule has 1 heterocycles. The van der Waals surface area contributed by atoms with Crippen molar-refractivity contribution in [1.29, 1.82) is 0 Å². The molecule has 0 spiro atoms. The number of rotatable bonds is 3. The highest BCUT2D eigenvalue weighted by Crippen LogP contribution is 2.21. The Balaban J connectivity index is 2.40. The highest BCUT2D eigenvalue weighted by molar-refractivity contribution is 7.92. The van der Waals surface area contributed by atoms with Crippen molar-refractivity contribution in [3.63, 3.8) is 0 Å². The molecule has 3 N–H and O–H groups in total. The summed E-state index contributed by atoms with van der Waals surface area (Å²) >= 11 is 0. The Kier molecular flexibility index (Phi) is 3.34. The molecule has 0 aliphatic rings. The van der Waals surface area contributed by atoms with Gasteiger partial charge >= 0.3 is 0 Å². The second kappa shape index (κ2) is 4.81. The quantitative estimate of drug-likeness (QED) is 0.827. The van der Waals surface area contributed by atoms with Gasteiger partial charge in [0.1, 0.15) is 5.82 Å². The Bertz CT molecular complexity index is 681. The fourth-order valence-corrected chi connectivity index (χ4v) is 2.53. The predicted molar refractivity (Wildman–Crippen MR) is 68.4 cm³/mol. The molecule has 0 aliphatic heterocycles. The van der Waals surface area contributed by atoms with Crippen LogP contribution in [0.25, 0.3) is 0 Å². The molecule has 19 heavy (non-hydrogen) atoms. The second-order valence-electron chi connectivity index (χ2n) is 3.82. The highest BCUT2D eigenvalue weighted by atomic mass is 32.2. The molecular formula is C11H11FN4O2S. The number of aromatic nitrogens is 2. The van der Waals surface area contributed by atoms with E-state index in [0.29, 0.717) is 0 Å². The van der Waals surface area contributed by atoms with Crippen molar-refractivity contribution < 1.29 is 12.8 Å². The fraction of sp³-hybridized carbons (Fsp3) is 0.0909. The predicted octanol–water partition coefficient (Wildman–Crippen LogP) is 1.31. The van der Waals surface area contributed by atoms with Crippen molar-refractivity contribution in [3.8, 4) is 0 Å². The van der Waals surface area contributed by atoms with E-state index in [2.05, 4.69) is 14.7 Å². The molecule has 0 radical (unpaired) electrons. The van der Waals surface area contributed by atoms with Crippen molar-refractivity contribution >= 4 is 21.7 Å². The van der Waals surface area contributed by atoms with Crippen molar-refractivity contribution in [2.24, 2.45) is 0 Å². The summed E-state index contributed by atoms with van der Waals surface area (Å²) in [5.74, 6) is -0.696. The van der Waals surface area contributed by atoms with E-state index < -0.39 is 15.8 Å². The van der Waals surface area contributed by atoms with Crippen LogP contribution in [0.3, 0.4) is 0 Å². The molecular weight excluding hydrogens is 271 g/mol. The van der Waals surface area contributed by atoms with E-state index in [1.54, 1.807) is 6.07 Å². The number of hydrogen-bond acceptors (Lipinski definition) is 5. The first-order valence-corrected chi connectivity index (χ1v) is 6.74. The van der Waals surface area contributed by atoms with Crippen LogP contribution in [0.5, 0.6) is 0 Å². The molecule has 0 amide bonds.